The minimum atomic E-state index is -0.568. The molecule has 0 radical (unpaired) electrons. The average Bonchev–Trinajstić information content (AvgIpc) is 2.78. The van der Waals surface area contributed by atoms with Gasteiger partial charge in [0.25, 0.3) is 0 Å². The number of aryl methyl sites for hydroxylation is 1. The lowest BCUT2D eigenvalue weighted by atomic mass is 10.1. The van der Waals surface area contributed by atoms with Crippen molar-refractivity contribution in [2.24, 2.45) is 0 Å². The van der Waals surface area contributed by atoms with Gasteiger partial charge in [-0.05, 0) is 13.8 Å². The number of ether oxygens (including phenoxy) is 3. The zero-order valence-corrected chi connectivity index (χ0v) is 18.5. The van der Waals surface area contributed by atoms with Crippen LogP contribution in [0.1, 0.15) is 23.0 Å². The van der Waals surface area contributed by atoms with Gasteiger partial charge in [0.05, 0.1) is 43.5 Å². The van der Waals surface area contributed by atoms with E-state index in [0.717, 1.165) is 16.5 Å². The number of hydrogen-bond donors (Lipinski definition) is 1. The summed E-state index contributed by atoms with van der Waals surface area (Å²) in [5.41, 5.74) is 1.29. The molecule has 162 valence electrons. The van der Waals surface area contributed by atoms with Gasteiger partial charge in [-0.3, -0.25) is 4.79 Å². The molecule has 0 aliphatic rings. The zero-order valence-electron chi connectivity index (χ0n) is 17.7. The molecule has 0 bridgehead atoms. The van der Waals surface area contributed by atoms with Gasteiger partial charge in [-0.1, -0.05) is 36.0 Å². The van der Waals surface area contributed by atoms with Crippen LogP contribution in [0.3, 0.4) is 0 Å². The second-order valence-corrected chi connectivity index (χ2v) is 7.41. The lowest BCUT2D eigenvalue weighted by Gasteiger charge is -2.15. The van der Waals surface area contributed by atoms with Crippen molar-refractivity contribution in [3.63, 3.8) is 0 Å². The van der Waals surface area contributed by atoms with Crippen molar-refractivity contribution in [2.75, 3.05) is 31.9 Å². The molecular weight excluding hydrogens is 418 g/mol. The van der Waals surface area contributed by atoms with Gasteiger partial charge in [0.15, 0.2) is 11.5 Å². The van der Waals surface area contributed by atoms with Crippen LogP contribution >= 0.6 is 11.8 Å². The summed E-state index contributed by atoms with van der Waals surface area (Å²) in [7, 11) is 2.94. The van der Waals surface area contributed by atoms with Crippen LogP contribution in [-0.2, 0) is 9.53 Å². The molecule has 1 N–H and O–H groups in total. The highest BCUT2D eigenvalue weighted by Gasteiger charge is 2.20. The normalized spacial score (nSPS) is 10.6. The number of rotatable bonds is 8. The third-order valence-corrected chi connectivity index (χ3v) is 5.45. The van der Waals surface area contributed by atoms with Gasteiger partial charge in [-0.15, -0.1) is 5.10 Å². The highest BCUT2D eigenvalue weighted by molar-refractivity contribution is 8.00. The summed E-state index contributed by atoms with van der Waals surface area (Å²) in [5, 5.41) is 13.8. The van der Waals surface area contributed by atoms with Gasteiger partial charge >= 0.3 is 5.97 Å². The van der Waals surface area contributed by atoms with Crippen LogP contribution in [0.25, 0.3) is 10.8 Å². The Morgan fingerprint density at radius 3 is 2.39 bits per heavy atom. The maximum atomic E-state index is 12.7. The van der Waals surface area contributed by atoms with Gasteiger partial charge in [0.2, 0.25) is 5.91 Å². The summed E-state index contributed by atoms with van der Waals surface area (Å²) in [4.78, 5) is 25.1. The predicted molar refractivity (Wildman–Crippen MR) is 119 cm³/mol. The average molecular weight is 442 g/mol. The molecule has 1 aromatic heterocycles. The fourth-order valence-electron chi connectivity index (χ4n) is 3.00. The number of anilines is 1. The second-order valence-electron chi connectivity index (χ2n) is 6.45. The molecule has 31 heavy (non-hydrogen) atoms. The van der Waals surface area contributed by atoms with E-state index >= 15 is 0 Å². The fourth-order valence-corrected chi connectivity index (χ4v) is 3.77. The quantitative estimate of drug-likeness (QED) is 0.415. The van der Waals surface area contributed by atoms with Crippen LogP contribution in [-0.4, -0.2) is 48.7 Å². The first kappa shape index (κ1) is 22.4. The lowest BCUT2D eigenvalue weighted by molar-refractivity contribution is -0.113. The molecule has 0 spiro atoms. The van der Waals surface area contributed by atoms with Crippen molar-refractivity contribution in [1.29, 1.82) is 0 Å². The number of benzene rings is 2. The van der Waals surface area contributed by atoms with Crippen molar-refractivity contribution in [2.45, 2.75) is 18.9 Å². The van der Waals surface area contributed by atoms with Crippen molar-refractivity contribution in [1.82, 2.24) is 10.2 Å². The molecule has 3 rings (SSSR count). The Hall–Kier alpha value is -3.33. The van der Waals surface area contributed by atoms with Gasteiger partial charge in [0, 0.05) is 22.9 Å². The summed E-state index contributed by atoms with van der Waals surface area (Å²) in [6.45, 7) is 3.81. The Balaban J connectivity index is 1.81. The number of carbonyl (C=O) groups excluding carboxylic acids is 2. The Morgan fingerprint density at radius 2 is 1.71 bits per heavy atom. The first-order chi connectivity index (χ1) is 15.0. The summed E-state index contributed by atoms with van der Waals surface area (Å²) in [6, 6.07) is 10.8. The maximum absolute atomic E-state index is 12.7. The molecule has 0 fully saturated rings. The number of fused-ring (bicyclic) bond motifs is 1. The molecule has 0 unspecified atom stereocenters. The number of nitrogens with zero attached hydrogens (tertiary/aromatic N) is 2. The first-order valence-corrected chi connectivity index (χ1v) is 10.5. The SMILES string of the molecule is CCOC(=O)c1cc(OC)c(OC)cc1NC(=O)CSc1nnc(C)c2ccccc12. The maximum Gasteiger partial charge on any atom is 0.340 e. The molecule has 0 saturated heterocycles. The van der Waals surface area contributed by atoms with E-state index < -0.39 is 5.97 Å². The number of methoxy groups -OCH3 is 2. The predicted octanol–water partition coefficient (Wildman–Crippen LogP) is 3.86. The van der Waals surface area contributed by atoms with E-state index in [4.69, 9.17) is 14.2 Å². The smallest absolute Gasteiger partial charge is 0.340 e. The molecule has 9 heteroatoms. The molecule has 0 atom stereocenters. The molecule has 0 aliphatic heterocycles. The van der Waals surface area contributed by atoms with E-state index in [1.807, 2.05) is 31.2 Å². The summed E-state index contributed by atoms with van der Waals surface area (Å²) in [6.07, 6.45) is 0. The van der Waals surface area contributed by atoms with Crippen molar-refractivity contribution < 1.29 is 23.8 Å². The molecule has 1 heterocycles. The molecule has 0 saturated carbocycles. The summed E-state index contributed by atoms with van der Waals surface area (Å²) >= 11 is 1.27. The van der Waals surface area contributed by atoms with Gasteiger partial charge in [0.1, 0.15) is 5.03 Å². The first-order valence-electron chi connectivity index (χ1n) is 9.56. The van der Waals surface area contributed by atoms with Crippen LogP contribution in [0.2, 0.25) is 0 Å². The molecule has 8 nitrogen and oxygen atoms in total. The fraction of sp³-hybridized carbons (Fsp3) is 0.273. The zero-order chi connectivity index (χ0) is 22.4. The number of hydrogen-bond acceptors (Lipinski definition) is 8. The minimum Gasteiger partial charge on any atom is -0.493 e. The number of aromatic nitrogens is 2. The number of amides is 1. The number of esters is 1. The minimum absolute atomic E-state index is 0.0817. The van der Waals surface area contributed by atoms with E-state index in [-0.39, 0.29) is 29.5 Å². The third kappa shape index (κ3) is 5.05. The third-order valence-electron chi connectivity index (χ3n) is 4.47. The van der Waals surface area contributed by atoms with Crippen LogP contribution in [0, 0.1) is 6.92 Å². The van der Waals surface area contributed by atoms with E-state index in [0.29, 0.717) is 16.5 Å². The Morgan fingerprint density at radius 1 is 1.03 bits per heavy atom. The second kappa shape index (κ2) is 10.1. The van der Waals surface area contributed by atoms with Crippen LogP contribution in [0.15, 0.2) is 41.4 Å². The molecule has 1 amide bonds. The number of nitrogens with one attached hydrogen (secondary N) is 1. The lowest BCUT2D eigenvalue weighted by Crippen LogP contribution is -2.18. The molecule has 0 aliphatic carbocycles. The van der Waals surface area contributed by atoms with Crippen LogP contribution in [0.4, 0.5) is 5.69 Å². The van der Waals surface area contributed by atoms with E-state index in [9.17, 15) is 9.59 Å². The Kier molecular flexibility index (Phi) is 7.30. The highest BCUT2D eigenvalue weighted by atomic mass is 32.2. The monoisotopic (exact) mass is 441 g/mol. The van der Waals surface area contributed by atoms with Gasteiger partial charge in [-0.2, -0.15) is 5.10 Å². The number of carbonyl (C=O) groups is 2. The Labute approximate surface area is 184 Å². The largest absolute Gasteiger partial charge is 0.493 e. The molecule has 3 aromatic rings. The Bertz CT molecular complexity index is 1120. The van der Waals surface area contributed by atoms with Crippen molar-refractivity contribution in [3.8, 4) is 11.5 Å². The van der Waals surface area contributed by atoms with E-state index in [1.54, 1.807) is 6.92 Å². The van der Waals surface area contributed by atoms with E-state index in [2.05, 4.69) is 15.5 Å². The highest BCUT2D eigenvalue weighted by Crippen LogP contribution is 2.34. The molecular formula is C22H23N3O5S. The van der Waals surface area contributed by atoms with Gasteiger partial charge in [-0.25, -0.2) is 4.79 Å². The van der Waals surface area contributed by atoms with Crippen molar-refractivity contribution >= 4 is 40.1 Å². The number of thioether (sulfide) groups is 1. The van der Waals surface area contributed by atoms with Crippen molar-refractivity contribution in [3.05, 3.63) is 47.7 Å². The van der Waals surface area contributed by atoms with E-state index in [1.165, 1.54) is 38.1 Å². The summed E-state index contributed by atoms with van der Waals surface area (Å²) in [5.74, 6) is -0.0533. The standard InChI is InChI=1S/C22H23N3O5S/c1-5-30-22(27)16-10-18(28-3)19(29-4)11-17(16)23-20(26)12-31-21-15-9-7-6-8-14(15)13(2)24-25-21/h6-11H,5,12H2,1-4H3,(H,23,26). The van der Waals surface area contributed by atoms with Crippen LogP contribution in [0.5, 0.6) is 11.5 Å². The topological polar surface area (TPSA) is 99.6 Å². The summed E-state index contributed by atoms with van der Waals surface area (Å²) < 4.78 is 15.6. The van der Waals surface area contributed by atoms with Gasteiger partial charge < -0.3 is 19.5 Å². The van der Waals surface area contributed by atoms with Crippen LogP contribution < -0.4 is 14.8 Å². The molecule has 2 aromatic carbocycles.